The van der Waals surface area contributed by atoms with Crippen LogP contribution >= 0.6 is 23.2 Å². The van der Waals surface area contributed by atoms with Crippen LogP contribution in [0.15, 0.2) is 41.4 Å². The fourth-order valence-corrected chi connectivity index (χ4v) is 2.33. The van der Waals surface area contributed by atoms with E-state index in [1.165, 1.54) is 12.3 Å². The lowest BCUT2D eigenvalue weighted by atomic mass is 10.1. The van der Waals surface area contributed by atoms with Crippen LogP contribution in [0.3, 0.4) is 0 Å². The molecule has 28 heavy (non-hydrogen) atoms. The normalized spacial score (nSPS) is 11.3. The van der Waals surface area contributed by atoms with E-state index in [2.05, 4.69) is 4.99 Å². The summed E-state index contributed by atoms with van der Waals surface area (Å²) in [5.41, 5.74) is 1.05. The molecule has 148 valence electrons. The molecule has 0 amide bonds. The van der Waals surface area contributed by atoms with Gasteiger partial charge in [0.15, 0.2) is 11.5 Å². The maximum absolute atomic E-state index is 12.2. The molecule has 0 spiro atoms. The lowest BCUT2D eigenvalue weighted by Crippen LogP contribution is -2.19. The average molecular weight is 422 g/mol. The van der Waals surface area contributed by atoms with Gasteiger partial charge in [0.1, 0.15) is 0 Å². The summed E-state index contributed by atoms with van der Waals surface area (Å²) in [5, 5.41) is 0.907. The minimum absolute atomic E-state index is 0.0674. The monoisotopic (exact) mass is 421 g/mol. The van der Waals surface area contributed by atoms with Crippen LogP contribution in [0.2, 0.25) is 10.0 Å². The van der Waals surface area contributed by atoms with Crippen molar-refractivity contribution in [3.05, 3.63) is 52.0 Å². The maximum atomic E-state index is 12.2. The largest absolute Gasteiger partial charge is 0.422 e. The van der Waals surface area contributed by atoms with Gasteiger partial charge >= 0.3 is 11.9 Å². The highest BCUT2D eigenvalue weighted by Gasteiger charge is 2.21. The summed E-state index contributed by atoms with van der Waals surface area (Å²) in [6.45, 7) is 6.82. The second kappa shape index (κ2) is 9.71. The molecule has 0 atom stereocenters. The van der Waals surface area contributed by atoms with Crippen molar-refractivity contribution < 1.29 is 19.1 Å². The van der Waals surface area contributed by atoms with Crippen LogP contribution in [0.4, 0.5) is 5.69 Å². The van der Waals surface area contributed by atoms with Gasteiger partial charge in [0.25, 0.3) is 0 Å². The predicted molar refractivity (Wildman–Crippen MR) is 111 cm³/mol. The number of benzene rings is 2. The Labute approximate surface area is 174 Å². The number of rotatable bonds is 6. The van der Waals surface area contributed by atoms with E-state index < -0.39 is 11.9 Å². The number of hydrogen-bond acceptors (Lipinski definition) is 5. The number of carbonyl (C=O) groups excluding carboxylic acids is 2. The van der Waals surface area contributed by atoms with Crippen molar-refractivity contribution in [2.24, 2.45) is 16.8 Å². The molecule has 7 heteroatoms. The van der Waals surface area contributed by atoms with Gasteiger partial charge in [-0.05, 0) is 30.3 Å². The number of aliphatic imine (C=N–C) groups is 1. The fraction of sp³-hybridized carbons (Fsp3) is 0.286. The highest BCUT2D eigenvalue weighted by atomic mass is 35.5. The molecule has 0 fully saturated rings. The molecule has 2 aromatic rings. The van der Waals surface area contributed by atoms with Crippen LogP contribution in [0, 0.1) is 11.8 Å². The SMILES string of the molecule is CC(C)C(=O)Oc1cc(Cl)cc(C=Nc2ccc(Cl)cc2)c1OC(=O)C(C)C. The standard InChI is InChI=1S/C21H21Cl2NO4/c1-12(2)20(25)27-18-10-16(23)9-14(19(18)28-21(26)13(3)4)11-24-17-7-5-15(22)6-8-17/h5-13H,1-4H3. The van der Waals surface area contributed by atoms with E-state index in [1.54, 1.807) is 58.0 Å². The molecule has 0 aliphatic rings. The Balaban J connectivity index is 2.48. The Morgan fingerprint density at radius 1 is 0.893 bits per heavy atom. The minimum atomic E-state index is -0.468. The molecule has 0 saturated heterocycles. The van der Waals surface area contributed by atoms with Gasteiger partial charge < -0.3 is 9.47 Å². The van der Waals surface area contributed by atoms with Gasteiger partial charge in [-0.2, -0.15) is 0 Å². The molecule has 0 saturated carbocycles. The summed E-state index contributed by atoms with van der Waals surface area (Å²) in [4.78, 5) is 28.6. The van der Waals surface area contributed by atoms with Gasteiger partial charge in [0.2, 0.25) is 0 Å². The first-order chi connectivity index (χ1) is 13.2. The van der Waals surface area contributed by atoms with E-state index in [9.17, 15) is 9.59 Å². The average Bonchev–Trinajstić information content (AvgIpc) is 2.63. The lowest BCUT2D eigenvalue weighted by Gasteiger charge is -2.15. The van der Waals surface area contributed by atoms with Crippen molar-refractivity contribution in [3.8, 4) is 11.5 Å². The van der Waals surface area contributed by atoms with Crippen molar-refractivity contribution in [1.82, 2.24) is 0 Å². The number of carbonyl (C=O) groups is 2. The molecular weight excluding hydrogens is 401 g/mol. The predicted octanol–water partition coefficient (Wildman–Crippen LogP) is 5.87. The van der Waals surface area contributed by atoms with Gasteiger partial charge in [-0.1, -0.05) is 50.9 Å². The Morgan fingerprint density at radius 3 is 2.04 bits per heavy atom. The third-order valence-corrected chi connectivity index (χ3v) is 4.05. The summed E-state index contributed by atoms with van der Waals surface area (Å²) in [7, 11) is 0. The molecule has 0 unspecified atom stereocenters. The number of ether oxygens (including phenoxy) is 2. The van der Waals surface area contributed by atoms with Gasteiger partial charge in [-0.3, -0.25) is 14.6 Å². The highest BCUT2D eigenvalue weighted by molar-refractivity contribution is 6.31. The van der Waals surface area contributed by atoms with Crippen molar-refractivity contribution in [3.63, 3.8) is 0 Å². The topological polar surface area (TPSA) is 65.0 Å². The molecule has 0 N–H and O–H groups in total. The van der Waals surface area contributed by atoms with Crippen LogP contribution in [-0.4, -0.2) is 18.2 Å². The maximum Gasteiger partial charge on any atom is 0.313 e. The molecule has 2 rings (SSSR count). The number of esters is 2. The molecule has 0 aliphatic heterocycles. The number of hydrogen-bond donors (Lipinski definition) is 0. The molecule has 2 aromatic carbocycles. The quantitative estimate of drug-likeness (QED) is 0.332. The van der Waals surface area contributed by atoms with Crippen molar-refractivity contribution in [2.75, 3.05) is 0 Å². The molecule has 0 aliphatic carbocycles. The van der Waals surface area contributed by atoms with Crippen molar-refractivity contribution >= 4 is 47.0 Å². The molecule has 5 nitrogen and oxygen atoms in total. The minimum Gasteiger partial charge on any atom is -0.422 e. The smallest absolute Gasteiger partial charge is 0.313 e. The Kier molecular flexibility index (Phi) is 7.61. The molecule has 0 aromatic heterocycles. The first-order valence-electron chi connectivity index (χ1n) is 8.74. The summed E-state index contributed by atoms with van der Waals surface area (Å²) in [5.74, 6) is -1.51. The van der Waals surface area contributed by atoms with Gasteiger partial charge in [0, 0.05) is 27.9 Å². The van der Waals surface area contributed by atoms with Crippen LogP contribution in [0.1, 0.15) is 33.3 Å². The van der Waals surface area contributed by atoms with Crippen molar-refractivity contribution in [1.29, 1.82) is 0 Å². The summed E-state index contributed by atoms with van der Waals surface area (Å²) in [6, 6.07) is 9.91. The lowest BCUT2D eigenvalue weighted by molar-refractivity contribution is -0.140. The van der Waals surface area contributed by atoms with Crippen LogP contribution in [0.25, 0.3) is 0 Å². The molecule has 0 bridgehead atoms. The zero-order valence-electron chi connectivity index (χ0n) is 16.0. The third-order valence-electron chi connectivity index (χ3n) is 3.58. The first-order valence-corrected chi connectivity index (χ1v) is 9.49. The number of halogens is 2. The van der Waals surface area contributed by atoms with E-state index in [0.717, 1.165) is 0 Å². The summed E-state index contributed by atoms with van der Waals surface area (Å²) >= 11 is 12.1. The molecule has 0 heterocycles. The van der Waals surface area contributed by atoms with E-state index in [-0.39, 0.29) is 23.3 Å². The fourth-order valence-electron chi connectivity index (χ4n) is 1.99. The molecular formula is C21H21Cl2NO4. The first kappa shape index (κ1) is 21.9. The van der Waals surface area contributed by atoms with E-state index in [4.69, 9.17) is 32.7 Å². The van der Waals surface area contributed by atoms with Gasteiger partial charge in [-0.15, -0.1) is 0 Å². The Hall–Kier alpha value is -2.37. The third kappa shape index (κ3) is 6.08. The summed E-state index contributed by atoms with van der Waals surface area (Å²) in [6.07, 6.45) is 1.49. The van der Waals surface area contributed by atoms with Crippen LogP contribution in [-0.2, 0) is 9.59 Å². The second-order valence-corrected chi connectivity index (χ2v) is 7.58. The van der Waals surface area contributed by atoms with Gasteiger partial charge in [0.05, 0.1) is 17.5 Å². The Morgan fingerprint density at radius 2 is 1.46 bits per heavy atom. The number of nitrogens with zero attached hydrogens (tertiary/aromatic N) is 1. The highest BCUT2D eigenvalue weighted by Crippen LogP contribution is 2.35. The Bertz CT molecular complexity index is 890. The van der Waals surface area contributed by atoms with Crippen molar-refractivity contribution in [2.45, 2.75) is 27.7 Å². The van der Waals surface area contributed by atoms with Crippen LogP contribution in [0.5, 0.6) is 11.5 Å². The zero-order valence-corrected chi connectivity index (χ0v) is 17.5. The van der Waals surface area contributed by atoms with Crippen LogP contribution < -0.4 is 9.47 Å². The van der Waals surface area contributed by atoms with E-state index in [1.807, 2.05) is 0 Å². The van der Waals surface area contributed by atoms with Gasteiger partial charge in [-0.25, -0.2) is 0 Å². The molecule has 0 radical (unpaired) electrons. The van der Waals surface area contributed by atoms with E-state index in [0.29, 0.717) is 21.3 Å². The van der Waals surface area contributed by atoms with E-state index >= 15 is 0 Å². The second-order valence-electron chi connectivity index (χ2n) is 6.71. The summed E-state index contributed by atoms with van der Waals surface area (Å²) < 4.78 is 10.9. The zero-order chi connectivity index (χ0) is 20.8.